The van der Waals surface area contributed by atoms with Crippen LogP contribution in [0.3, 0.4) is 0 Å². The zero-order valence-electron chi connectivity index (χ0n) is 15.2. The predicted octanol–water partition coefficient (Wildman–Crippen LogP) is 3.13. The van der Waals surface area contributed by atoms with Crippen LogP contribution >= 0.6 is 34.3 Å². The van der Waals surface area contributed by atoms with Gasteiger partial charge in [0.1, 0.15) is 5.60 Å². The molecule has 28 heavy (non-hydrogen) atoms. The molecule has 0 bridgehead atoms. The van der Waals surface area contributed by atoms with E-state index in [0.29, 0.717) is 26.1 Å². The first-order valence-electron chi connectivity index (χ1n) is 9.29. The molecule has 5 rings (SSSR count). The Bertz CT molecular complexity index is 966. The maximum Gasteiger partial charge on any atom is 0.224 e. The van der Waals surface area contributed by atoms with Gasteiger partial charge in [0.15, 0.2) is 10.9 Å². The summed E-state index contributed by atoms with van der Waals surface area (Å²) in [6.45, 7) is 4.48. The molecule has 3 aromatic heterocycles. The van der Waals surface area contributed by atoms with E-state index in [9.17, 15) is 5.11 Å². The Morgan fingerprint density at radius 1 is 1.11 bits per heavy atom. The number of thiophene rings is 1. The topological polar surface area (TPSA) is 74.6 Å². The summed E-state index contributed by atoms with van der Waals surface area (Å²) in [5.74, 6) is 0.846. The van der Waals surface area contributed by atoms with Crippen LogP contribution in [-0.4, -0.2) is 59.5 Å². The number of halogens is 1. The van der Waals surface area contributed by atoms with Crippen molar-refractivity contribution in [3.63, 3.8) is 0 Å². The van der Waals surface area contributed by atoms with E-state index in [4.69, 9.17) is 16.3 Å². The van der Waals surface area contributed by atoms with Gasteiger partial charge in [-0.3, -0.25) is 0 Å². The number of rotatable bonds is 3. The number of aromatic nitrogens is 3. The maximum atomic E-state index is 11.4. The maximum absolute atomic E-state index is 11.4. The second-order valence-corrected chi connectivity index (χ2v) is 9.34. The highest BCUT2D eigenvalue weighted by Gasteiger charge is 2.37. The van der Waals surface area contributed by atoms with Gasteiger partial charge in [-0.1, -0.05) is 0 Å². The van der Waals surface area contributed by atoms with Gasteiger partial charge in [-0.2, -0.15) is 4.98 Å². The van der Waals surface area contributed by atoms with Crippen molar-refractivity contribution >= 4 is 55.4 Å². The molecule has 5 heterocycles. The third kappa shape index (κ3) is 3.35. The minimum Gasteiger partial charge on any atom is -0.384 e. The molecule has 0 aromatic carbocycles. The van der Waals surface area contributed by atoms with Crippen LogP contribution in [0.15, 0.2) is 17.6 Å². The van der Waals surface area contributed by atoms with E-state index in [1.165, 1.54) is 0 Å². The van der Waals surface area contributed by atoms with E-state index in [2.05, 4.69) is 24.8 Å². The molecule has 10 heteroatoms. The molecule has 2 fully saturated rings. The first kappa shape index (κ1) is 18.5. The molecule has 0 aliphatic carbocycles. The summed E-state index contributed by atoms with van der Waals surface area (Å²) < 4.78 is 6.44. The fourth-order valence-corrected chi connectivity index (χ4v) is 5.92. The molecule has 0 amide bonds. The second kappa shape index (κ2) is 7.38. The molecular formula is C18H20ClN5O2S2. The lowest BCUT2D eigenvalue weighted by Gasteiger charge is -2.37. The van der Waals surface area contributed by atoms with Gasteiger partial charge in [-0.05, 0) is 30.5 Å². The van der Waals surface area contributed by atoms with Crippen molar-refractivity contribution in [1.82, 2.24) is 15.0 Å². The molecule has 0 spiro atoms. The molecule has 1 N–H and O–H groups in total. The van der Waals surface area contributed by atoms with Gasteiger partial charge in [0.2, 0.25) is 5.28 Å². The van der Waals surface area contributed by atoms with Crippen LogP contribution in [0.5, 0.6) is 0 Å². The van der Waals surface area contributed by atoms with Crippen LogP contribution in [-0.2, 0) is 10.3 Å². The van der Waals surface area contributed by atoms with Gasteiger partial charge >= 0.3 is 0 Å². The number of aliphatic hydroxyl groups is 1. The smallest absolute Gasteiger partial charge is 0.224 e. The van der Waals surface area contributed by atoms with Crippen molar-refractivity contribution in [2.24, 2.45) is 0 Å². The highest BCUT2D eigenvalue weighted by molar-refractivity contribution is 7.19. The van der Waals surface area contributed by atoms with Gasteiger partial charge < -0.3 is 19.6 Å². The highest BCUT2D eigenvalue weighted by atomic mass is 35.5. The third-order valence-corrected chi connectivity index (χ3v) is 7.69. The lowest BCUT2D eigenvalue weighted by Crippen LogP contribution is -2.42. The van der Waals surface area contributed by atoms with Gasteiger partial charge in [-0.15, -0.1) is 22.7 Å². The number of thiazole rings is 1. The minimum absolute atomic E-state index is 0.240. The summed E-state index contributed by atoms with van der Waals surface area (Å²) in [6.07, 6.45) is 3.14. The summed E-state index contributed by atoms with van der Waals surface area (Å²) >= 11 is 9.42. The molecular weight excluding hydrogens is 418 g/mol. The lowest BCUT2D eigenvalue weighted by molar-refractivity contribution is 0.0154. The molecule has 7 nitrogen and oxygen atoms in total. The molecule has 3 aromatic rings. The van der Waals surface area contributed by atoms with Crippen molar-refractivity contribution in [3.8, 4) is 0 Å². The quantitative estimate of drug-likeness (QED) is 0.631. The number of anilines is 2. The number of nitrogens with zero attached hydrogens (tertiary/aromatic N) is 5. The van der Waals surface area contributed by atoms with E-state index in [0.717, 1.165) is 52.2 Å². The van der Waals surface area contributed by atoms with Crippen molar-refractivity contribution in [3.05, 3.63) is 27.8 Å². The highest BCUT2D eigenvalue weighted by Crippen LogP contribution is 2.42. The van der Waals surface area contributed by atoms with E-state index in [-0.39, 0.29) is 5.28 Å². The lowest BCUT2D eigenvalue weighted by atomic mass is 9.90. The minimum atomic E-state index is -0.853. The zero-order valence-corrected chi connectivity index (χ0v) is 17.6. The van der Waals surface area contributed by atoms with Crippen molar-refractivity contribution in [1.29, 1.82) is 0 Å². The van der Waals surface area contributed by atoms with Crippen molar-refractivity contribution < 1.29 is 9.84 Å². The van der Waals surface area contributed by atoms with Gasteiger partial charge in [0.05, 0.1) is 23.4 Å². The number of morpholine rings is 1. The molecule has 148 valence electrons. The normalized spacial score (nSPS) is 20.1. The Hall–Kier alpha value is -1.52. The van der Waals surface area contributed by atoms with Gasteiger partial charge in [-0.25, -0.2) is 9.97 Å². The summed E-state index contributed by atoms with van der Waals surface area (Å²) in [6, 6.07) is 1.98. The second-order valence-electron chi connectivity index (χ2n) is 7.07. The Morgan fingerprint density at radius 2 is 1.89 bits per heavy atom. The fourth-order valence-electron chi connectivity index (χ4n) is 3.79. The molecule has 0 radical (unpaired) electrons. The number of ether oxygens (including phenoxy) is 1. The average Bonchev–Trinajstić information content (AvgIpc) is 3.39. The van der Waals surface area contributed by atoms with Gasteiger partial charge in [0.25, 0.3) is 0 Å². The summed E-state index contributed by atoms with van der Waals surface area (Å²) in [5, 5.41) is 14.6. The monoisotopic (exact) mass is 437 g/mol. The standard InChI is InChI=1S/C18H20ClN5O2S2/c19-16-21-12-11-13(28-14(12)15(22-16)23-6-8-26-9-7-23)18(25)1-4-24(5-2-18)17-20-3-10-27-17/h3,10-11,25H,1-2,4-9H2. The van der Waals surface area contributed by atoms with Crippen LogP contribution in [0.4, 0.5) is 10.9 Å². The summed E-state index contributed by atoms with van der Waals surface area (Å²) in [4.78, 5) is 18.7. The van der Waals surface area contributed by atoms with E-state index >= 15 is 0 Å². The first-order chi connectivity index (χ1) is 13.6. The largest absolute Gasteiger partial charge is 0.384 e. The first-order valence-corrected chi connectivity index (χ1v) is 11.4. The SMILES string of the molecule is OC1(c2cc3nc(Cl)nc(N4CCOCC4)c3s2)CCN(c2nccs2)CC1. The van der Waals surface area contributed by atoms with Crippen molar-refractivity contribution in [2.45, 2.75) is 18.4 Å². The average molecular weight is 438 g/mol. The number of fused-ring (bicyclic) bond motifs is 1. The number of hydrogen-bond acceptors (Lipinski definition) is 9. The zero-order chi connectivity index (χ0) is 19.1. The Morgan fingerprint density at radius 3 is 2.61 bits per heavy atom. The summed E-state index contributed by atoms with van der Waals surface area (Å²) in [7, 11) is 0. The Labute approximate surface area is 175 Å². The van der Waals surface area contributed by atoms with Gasteiger partial charge in [0, 0.05) is 42.6 Å². The molecule has 0 saturated carbocycles. The van der Waals surface area contributed by atoms with E-state index in [1.54, 1.807) is 22.7 Å². The molecule has 0 unspecified atom stereocenters. The van der Waals surface area contributed by atoms with Crippen LogP contribution in [0.2, 0.25) is 5.28 Å². The Balaban J connectivity index is 1.45. The third-order valence-electron chi connectivity index (χ3n) is 5.38. The van der Waals surface area contributed by atoms with Crippen LogP contribution in [0.1, 0.15) is 17.7 Å². The van der Waals surface area contributed by atoms with E-state index in [1.807, 2.05) is 17.6 Å². The Kier molecular flexibility index (Phi) is 4.88. The molecule has 2 aliphatic rings. The molecule has 0 atom stereocenters. The number of piperidine rings is 1. The molecule has 2 saturated heterocycles. The fraction of sp³-hybridized carbons (Fsp3) is 0.500. The predicted molar refractivity (Wildman–Crippen MR) is 113 cm³/mol. The van der Waals surface area contributed by atoms with Crippen LogP contribution in [0, 0.1) is 0 Å². The van der Waals surface area contributed by atoms with Crippen LogP contribution < -0.4 is 9.80 Å². The summed E-state index contributed by atoms with van der Waals surface area (Å²) in [5.41, 5.74) is -0.0503. The van der Waals surface area contributed by atoms with E-state index < -0.39 is 5.60 Å². The molecule has 2 aliphatic heterocycles. The number of hydrogen-bond donors (Lipinski definition) is 1. The van der Waals surface area contributed by atoms with Crippen LogP contribution in [0.25, 0.3) is 10.2 Å². The van der Waals surface area contributed by atoms with Crippen molar-refractivity contribution in [2.75, 3.05) is 49.2 Å².